The lowest BCUT2D eigenvalue weighted by Gasteiger charge is -2.58. The number of hydrogen-bond acceptors (Lipinski definition) is 8. The van der Waals surface area contributed by atoms with E-state index < -0.39 is 44.5 Å². The van der Waals surface area contributed by atoms with Crippen LogP contribution in [0.3, 0.4) is 0 Å². The number of carbonyl (C=O) groups is 1. The summed E-state index contributed by atoms with van der Waals surface area (Å²) in [7, 11) is -1.38. The van der Waals surface area contributed by atoms with Crippen LogP contribution in [0, 0.1) is 0 Å². The molecule has 0 saturated carbocycles. The van der Waals surface area contributed by atoms with Gasteiger partial charge in [-0.2, -0.15) is 0 Å². The van der Waals surface area contributed by atoms with E-state index in [1.807, 2.05) is 0 Å². The van der Waals surface area contributed by atoms with E-state index in [0.717, 1.165) is 0 Å². The molecule has 2 N–H and O–H groups in total. The first-order valence-corrected chi connectivity index (χ1v) is 12.6. The molecule has 7 atom stereocenters. The molecule has 0 aliphatic carbocycles. The zero-order valence-electron chi connectivity index (χ0n) is 19.4. The van der Waals surface area contributed by atoms with Crippen molar-refractivity contribution in [3.63, 3.8) is 0 Å². The van der Waals surface area contributed by atoms with E-state index in [2.05, 4.69) is 41.5 Å². The van der Waals surface area contributed by atoms with Crippen LogP contribution >= 0.6 is 0 Å². The minimum atomic E-state index is -2.67. The molecule has 3 saturated heterocycles. The first-order chi connectivity index (χ1) is 13.6. The number of ether oxygens (including phenoxy) is 3. The smallest absolute Gasteiger partial charge is 0.349 e. The standard InChI is InChI=1S/C21H38O8Si/c1-19(2,3)30(20(4,5)6)26-11-14-12(29-30)9-13-17(28-14)18(23)21(7,24)15(27-13)10-16(22)25-8/h12-15,17-18,23-24H,9-11H2,1-8H3/t12-,13+,14+,15-,17+,18+,21-/m0/s1. The molecule has 0 aromatic rings. The van der Waals surface area contributed by atoms with Gasteiger partial charge in [-0.3, -0.25) is 4.79 Å². The molecule has 174 valence electrons. The van der Waals surface area contributed by atoms with Crippen LogP contribution in [-0.4, -0.2) is 80.7 Å². The van der Waals surface area contributed by atoms with Crippen LogP contribution in [0.4, 0.5) is 0 Å². The van der Waals surface area contributed by atoms with Gasteiger partial charge in [0, 0.05) is 16.5 Å². The molecule has 30 heavy (non-hydrogen) atoms. The highest BCUT2D eigenvalue weighted by Gasteiger charge is 2.64. The molecule has 0 bridgehead atoms. The Hall–Kier alpha value is -0.553. The number of esters is 1. The fraction of sp³-hybridized carbons (Fsp3) is 0.952. The Bertz CT molecular complexity index is 638. The van der Waals surface area contributed by atoms with Crippen molar-refractivity contribution in [2.45, 2.75) is 114 Å². The van der Waals surface area contributed by atoms with E-state index in [-0.39, 0.29) is 28.7 Å². The van der Waals surface area contributed by atoms with Gasteiger partial charge in [0.25, 0.3) is 0 Å². The molecule has 0 radical (unpaired) electrons. The fourth-order valence-electron chi connectivity index (χ4n) is 5.29. The number of hydrogen-bond donors (Lipinski definition) is 2. The molecule has 0 aromatic carbocycles. The summed E-state index contributed by atoms with van der Waals surface area (Å²) < 4.78 is 30.2. The number of aliphatic hydroxyl groups excluding tert-OH is 1. The van der Waals surface area contributed by atoms with E-state index in [4.69, 9.17) is 23.1 Å². The van der Waals surface area contributed by atoms with Crippen LogP contribution in [0.15, 0.2) is 0 Å². The maximum absolute atomic E-state index is 11.8. The van der Waals surface area contributed by atoms with E-state index in [0.29, 0.717) is 13.0 Å². The summed E-state index contributed by atoms with van der Waals surface area (Å²) in [6.07, 6.45) is -3.55. The number of methoxy groups -OCH3 is 1. The quantitative estimate of drug-likeness (QED) is 0.491. The molecule has 3 fully saturated rings. The third kappa shape index (κ3) is 3.87. The molecule has 3 rings (SSSR count). The van der Waals surface area contributed by atoms with Crippen LogP contribution in [0.1, 0.15) is 61.3 Å². The lowest BCUT2D eigenvalue weighted by molar-refractivity contribution is -0.314. The van der Waals surface area contributed by atoms with Gasteiger partial charge in [-0.25, -0.2) is 0 Å². The first kappa shape index (κ1) is 24.1. The fourth-order valence-corrected chi connectivity index (χ4v) is 10.3. The van der Waals surface area contributed by atoms with Crippen LogP contribution in [0.2, 0.25) is 10.1 Å². The van der Waals surface area contributed by atoms with Gasteiger partial charge < -0.3 is 33.3 Å². The van der Waals surface area contributed by atoms with Crippen LogP contribution in [0.25, 0.3) is 0 Å². The summed E-state index contributed by atoms with van der Waals surface area (Å²) in [6, 6.07) is 0. The van der Waals surface area contributed by atoms with E-state index in [1.54, 1.807) is 0 Å². The number of rotatable bonds is 2. The summed E-state index contributed by atoms with van der Waals surface area (Å²) in [5.74, 6) is -0.505. The largest absolute Gasteiger partial charge is 0.469 e. The molecule has 3 heterocycles. The number of fused-ring (bicyclic) bond motifs is 2. The second-order valence-corrected chi connectivity index (χ2v) is 15.8. The lowest BCUT2D eigenvalue weighted by Crippen LogP contribution is -2.72. The predicted octanol–water partition coefficient (Wildman–Crippen LogP) is 2.04. The predicted molar refractivity (Wildman–Crippen MR) is 111 cm³/mol. The van der Waals surface area contributed by atoms with Gasteiger partial charge in [-0.05, 0) is 6.92 Å². The van der Waals surface area contributed by atoms with E-state index in [9.17, 15) is 15.0 Å². The van der Waals surface area contributed by atoms with Crippen molar-refractivity contribution in [1.29, 1.82) is 0 Å². The molecule has 3 aliphatic heterocycles. The minimum absolute atomic E-state index is 0.148. The van der Waals surface area contributed by atoms with Crippen molar-refractivity contribution in [2.75, 3.05) is 13.7 Å². The average Bonchev–Trinajstić information content (AvgIpc) is 2.62. The van der Waals surface area contributed by atoms with Crippen molar-refractivity contribution < 1.29 is 38.1 Å². The molecule has 0 unspecified atom stereocenters. The lowest BCUT2D eigenvalue weighted by atomic mass is 9.79. The van der Waals surface area contributed by atoms with Crippen molar-refractivity contribution in [3.05, 3.63) is 0 Å². The van der Waals surface area contributed by atoms with Crippen LogP contribution in [0.5, 0.6) is 0 Å². The highest BCUT2D eigenvalue weighted by molar-refractivity contribution is 6.73. The van der Waals surface area contributed by atoms with Gasteiger partial charge in [0.15, 0.2) is 0 Å². The van der Waals surface area contributed by atoms with Gasteiger partial charge in [-0.15, -0.1) is 0 Å². The van der Waals surface area contributed by atoms with Gasteiger partial charge in [0.05, 0.1) is 38.4 Å². The second-order valence-electron chi connectivity index (χ2n) is 11.1. The SMILES string of the molecule is COC(=O)C[C@@H]1O[C@@H]2C[C@@H]3O[Si](C(C)(C)C)(C(C)(C)C)OC[C@H]3O[C@H]2[C@@H](O)[C@@]1(C)O. The zero-order valence-corrected chi connectivity index (χ0v) is 20.4. The number of carbonyl (C=O) groups excluding carboxylic acids is 1. The third-order valence-corrected chi connectivity index (χ3v) is 12.0. The minimum Gasteiger partial charge on any atom is -0.469 e. The molecule has 0 aromatic heterocycles. The normalized spacial score (nSPS) is 41.5. The Kier molecular flexibility index (Phi) is 6.26. The van der Waals surface area contributed by atoms with Crippen molar-refractivity contribution in [3.8, 4) is 0 Å². The van der Waals surface area contributed by atoms with E-state index >= 15 is 0 Å². The first-order valence-electron chi connectivity index (χ1n) is 10.7. The maximum atomic E-state index is 11.8. The average molecular weight is 447 g/mol. The van der Waals surface area contributed by atoms with Gasteiger partial charge in [0.2, 0.25) is 0 Å². The Labute approximate surface area is 180 Å². The molecule has 0 spiro atoms. The Morgan fingerprint density at radius 1 is 1.10 bits per heavy atom. The van der Waals surface area contributed by atoms with Gasteiger partial charge in [0.1, 0.15) is 23.9 Å². The van der Waals surface area contributed by atoms with E-state index in [1.165, 1.54) is 14.0 Å². The maximum Gasteiger partial charge on any atom is 0.349 e. The summed E-state index contributed by atoms with van der Waals surface area (Å²) >= 11 is 0. The zero-order chi connectivity index (χ0) is 22.7. The van der Waals surface area contributed by atoms with Crippen molar-refractivity contribution in [1.82, 2.24) is 0 Å². The van der Waals surface area contributed by atoms with Gasteiger partial charge in [-0.1, -0.05) is 41.5 Å². The monoisotopic (exact) mass is 446 g/mol. The molecule has 0 amide bonds. The Morgan fingerprint density at radius 2 is 1.70 bits per heavy atom. The molecule has 3 aliphatic rings. The molecular weight excluding hydrogens is 408 g/mol. The summed E-state index contributed by atoms with van der Waals surface area (Å²) in [6.45, 7) is 14.8. The summed E-state index contributed by atoms with van der Waals surface area (Å²) in [5.41, 5.74) is -1.64. The molecule has 9 heteroatoms. The Balaban J connectivity index is 1.84. The summed E-state index contributed by atoms with van der Waals surface area (Å²) in [5, 5.41) is 21.4. The molecular formula is C21H38O8Si. The van der Waals surface area contributed by atoms with Crippen LogP contribution < -0.4 is 0 Å². The topological polar surface area (TPSA) is 104 Å². The highest BCUT2D eigenvalue weighted by atomic mass is 28.4. The highest BCUT2D eigenvalue weighted by Crippen LogP contribution is 2.55. The van der Waals surface area contributed by atoms with Crippen LogP contribution in [-0.2, 0) is 27.9 Å². The summed E-state index contributed by atoms with van der Waals surface area (Å²) in [4.78, 5) is 11.8. The van der Waals surface area contributed by atoms with Crippen molar-refractivity contribution in [2.24, 2.45) is 0 Å². The third-order valence-electron chi connectivity index (χ3n) is 6.80. The molecule has 8 nitrogen and oxygen atoms in total. The van der Waals surface area contributed by atoms with Gasteiger partial charge >= 0.3 is 14.5 Å². The second kappa shape index (κ2) is 7.79. The number of aliphatic hydroxyl groups is 2. The Morgan fingerprint density at radius 3 is 2.23 bits per heavy atom. The van der Waals surface area contributed by atoms with Crippen molar-refractivity contribution >= 4 is 14.5 Å².